The zero-order valence-corrected chi connectivity index (χ0v) is 11.3. The third-order valence-electron chi connectivity index (χ3n) is 2.89. The van der Waals surface area contributed by atoms with Gasteiger partial charge in [0.1, 0.15) is 17.9 Å². The number of rotatable bonds is 8. The molecule has 19 heavy (non-hydrogen) atoms. The molecule has 1 aromatic rings. The van der Waals surface area contributed by atoms with Crippen molar-refractivity contribution in [2.45, 2.75) is 19.9 Å². The molecule has 1 aromatic carbocycles. The van der Waals surface area contributed by atoms with Crippen LogP contribution in [0.4, 0.5) is 0 Å². The minimum absolute atomic E-state index is 0.0262. The van der Waals surface area contributed by atoms with E-state index in [1.807, 2.05) is 13.8 Å². The monoisotopic (exact) mass is 267 g/mol. The van der Waals surface area contributed by atoms with E-state index in [-0.39, 0.29) is 18.2 Å². The quantitative estimate of drug-likeness (QED) is 0.620. The SMILES string of the molecule is CC(C)C(CO)NCCOc1ccccc1C(=O)O. The van der Waals surface area contributed by atoms with Gasteiger partial charge in [0.2, 0.25) is 0 Å². The Bertz CT molecular complexity index is 406. The van der Waals surface area contributed by atoms with E-state index in [0.29, 0.717) is 24.8 Å². The Morgan fingerprint density at radius 2 is 2.05 bits per heavy atom. The average Bonchev–Trinajstić information content (AvgIpc) is 2.38. The van der Waals surface area contributed by atoms with Crippen LogP contribution < -0.4 is 10.1 Å². The smallest absolute Gasteiger partial charge is 0.339 e. The second-order valence-corrected chi connectivity index (χ2v) is 4.64. The summed E-state index contributed by atoms with van der Waals surface area (Å²) in [4.78, 5) is 11.0. The molecule has 0 saturated carbocycles. The molecular weight excluding hydrogens is 246 g/mol. The van der Waals surface area contributed by atoms with Crippen LogP contribution in [-0.2, 0) is 0 Å². The van der Waals surface area contributed by atoms with Crippen LogP contribution in [0.3, 0.4) is 0 Å². The Balaban J connectivity index is 2.43. The van der Waals surface area contributed by atoms with Gasteiger partial charge in [-0.15, -0.1) is 0 Å². The van der Waals surface area contributed by atoms with Crippen LogP contribution in [0.1, 0.15) is 24.2 Å². The number of ether oxygens (including phenoxy) is 1. The highest BCUT2D eigenvalue weighted by atomic mass is 16.5. The second-order valence-electron chi connectivity index (χ2n) is 4.64. The molecule has 106 valence electrons. The highest BCUT2D eigenvalue weighted by Gasteiger charge is 2.12. The predicted octanol–water partition coefficient (Wildman–Crippen LogP) is 1.37. The number of carboxylic acids is 1. The lowest BCUT2D eigenvalue weighted by molar-refractivity contribution is 0.0692. The summed E-state index contributed by atoms with van der Waals surface area (Å²) < 4.78 is 5.45. The highest BCUT2D eigenvalue weighted by Crippen LogP contribution is 2.17. The topological polar surface area (TPSA) is 78.8 Å². The van der Waals surface area contributed by atoms with Gasteiger partial charge in [-0.05, 0) is 18.1 Å². The summed E-state index contributed by atoms with van der Waals surface area (Å²) in [5.41, 5.74) is 0.157. The van der Waals surface area contributed by atoms with Crippen LogP contribution >= 0.6 is 0 Å². The van der Waals surface area contributed by atoms with E-state index in [4.69, 9.17) is 14.9 Å². The first kappa shape index (κ1) is 15.5. The van der Waals surface area contributed by atoms with E-state index in [2.05, 4.69) is 5.32 Å². The molecule has 5 nitrogen and oxygen atoms in total. The molecule has 3 N–H and O–H groups in total. The Hall–Kier alpha value is -1.59. The number of aliphatic hydroxyl groups excluding tert-OH is 1. The molecule has 0 fully saturated rings. The van der Waals surface area contributed by atoms with Crippen molar-refractivity contribution in [3.05, 3.63) is 29.8 Å². The highest BCUT2D eigenvalue weighted by molar-refractivity contribution is 5.90. The van der Waals surface area contributed by atoms with E-state index in [1.165, 1.54) is 6.07 Å². The van der Waals surface area contributed by atoms with Crippen molar-refractivity contribution >= 4 is 5.97 Å². The van der Waals surface area contributed by atoms with Crippen LogP contribution in [0.25, 0.3) is 0 Å². The largest absolute Gasteiger partial charge is 0.491 e. The number of nitrogens with one attached hydrogen (secondary N) is 1. The van der Waals surface area contributed by atoms with Gasteiger partial charge in [0.15, 0.2) is 0 Å². The van der Waals surface area contributed by atoms with Crippen molar-refractivity contribution in [3.63, 3.8) is 0 Å². The molecular formula is C14H21NO4. The number of aromatic carboxylic acids is 1. The third-order valence-corrected chi connectivity index (χ3v) is 2.89. The van der Waals surface area contributed by atoms with E-state index < -0.39 is 5.97 Å². The molecule has 1 unspecified atom stereocenters. The van der Waals surface area contributed by atoms with Crippen molar-refractivity contribution in [3.8, 4) is 5.75 Å². The first-order valence-corrected chi connectivity index (χ1v) is 6.35. The number of hydrogen-bond acceptors (Lipinski definition) is 4. The minimum atomic E-state index is -1.00. The van der Waals surface area contributed by atoms with Gasteiger partial charge in [-0.3, -0.25) is 0 Å². The van der Waals surface area contributed by atoms with Crippen LogP contribution in [-0.4, -0.2) is 42.0 Å². The van der Waals surface area contributed by atoms with Crippen molar-refractivity contribution in [1.82, 2.24) is 5.32 Å². The minimum Gasteiger partial charge on any atom is -0.491 e. The summed E-state index contributed by atoms with van der Waals surface area (Å²) in [7, 11) is 0. The molecule has 1 atom stereocenters. The van der Waals surface area contributed by atoms with E-state index >= 15 is 0 Å². The molecule has 1 rings (SSSR count). The zero-order chi connectivity index (χ0) is 14.3. The zero-order valence-electron chi connectivity index (χ0n) is 11.3. The lowest BCUT2D eigenvalue weighted by atomic mass is 10.1. The Kier molecular flexibility index (Phi) is 6.32. The number of benzene rings is 1. The van der Waals surface area contributed by atoms with Gasteiger partial charge in [0.25, 0.3) is 0 Å². The van der Waals surface area contributed by atoms with Gasteiger partial charge < -0.3 is 20.3 Å². The normalized spacial score (nSPS) is 12.4. The lowest BCUT2D eigenvalue weighted by Gasteiger charge is -2.20. The molecule has 0 aliphatic carbocycles. The number of para-hydroxylation sites is 1. The van der Waals surface area contributed by atoms with Crippen molar-refractivity contribution < 1.29 is 19.7 Å². The van der Waals surface area contributed by atoms with E-state index in [0.717, 1.165) is 0 Å². The first-order valence-electron chi connectivity index (χ1n) is 6.35. The molecule has 0 bridgehead atoms. The molecule has 5 heteroatoms. The Morgan fingerprint density at radius 1 is 1.37 bits per heavy atom. The second kappa shape index (κ2) is 7.76. The Labute approximate surface area is 113 Å². The number of aliphatic hydroxyl groups is 1. The van der Waals surface area contributed by atoms with Gasteiger partial charge in [-0.2, -0.15) is 0 Å². The van der Waals surface area contributed by atoms with Crippen LogP contribution in [0.5, 0.6) is 5.75 Å². The maximum atomic E-state index is 11.0. The standard InChI is InChI=1S/C14H21NO4/c1-10(2)12(9-16)15-7-8-19-13-6-4-3-5-11(13)14(17)18/h3-6,10,12,15-16H,7-9H2,1-2H3,(H,17,18). The summed E-state index contributed by atoms with van der Waals surface area (Å²) >= 11 is 0. The maximum absolute atomic E-state index is 11.0. The van der Waals surface area contributed by atoms with Gasteiger partial charge in [-0.1, -0.05) is 26.0 Å². The number of carbonyl (C=O) groups is 1. The Morgan fingerprint density at radius 3 is 2.63 bits per heavy atom. The summed E-state index contributed by atoms with van der Waals surface area (Å²) in [5, 5.41) is 21.3. The first-order chi connectivity index (χ1) is 9.06. The van der Waals surface area contributed by atoms with Crippen molar-refractivity contribution in [1.29, 1.82) is 0 Å². The molecule has 0 radical (unpaired) electrons. The predicted molar refractivity (Wildman–Crippen MR) is 72.6 cm³/mol. The average molecular weight is 267 g/mol. The van der Waals surface area contributed by atoms with Crippen LogP contribution in [0, 0.1) is 5.92 Å². The van der Waals surface area contributed by atoms with Gasteiger partial charge >= 0.3 is 5.97 Å². The summed E-state index contributed by atoms with van der Waals surface area (Å²) in [6.07, 6.45) is 0. The molecule has 0 spiro atoms. The summed E-state index contributed by atoms with van der Waals surface area (Å²) in [6.45, 7) is 5.02. The van der Waals surface area contributed by atoms with Crippen LogP contribution in [0.2, 0.25) is 0 Å². The summed E-state index contributed by atoms with van der Waals surface area (Å²) in [5.74, 6) is -0.308. The van der Waals surface area contributed by atoms with Gasteiger partial charge in [-0.25, -0.2) is 4.79 Å². The number of carboxylic acid groups (broad SMARTS) is 1. The maximum Gasteiger partial charge on any atom is 0.339 e. The van der Waals surface area contributed by atoms with Gasteiger partial charge in [0, 0.05) is 12.6 Å². The van der Waals surface area contributed by atoms with Crippen LogP contribution in [0.15, 0.2) is 24.3 Å². The van der Waals surface area contributed by atoms with Gasteiger partial charge in [0.05, 0.1) is 6.61 Å². The van der Waals surface area contributed by atoms with Crippen molar-refractivity contribution in [2.24, 2.45) is 5.92 Å². The summed E-state index contributed by atoms with van der Waals surface area (Å²) in [6, 6.07) is 6.57. The molecule has 0 aliphatic rings. The molecule has 0 heterocycles. The molecule has 0 aromatic heterocycles. The fraction of sp³-hybridized carbons (Fsp3) is 0.500. The van der Waals surface area contributed by atoms with Crippen molar-refractivity contribution in [2.75, 3.05) is 19.8 Å². The fourth-order valence-corrected chi connectivity index (χ4v) is 1.69. The number of hydrogen-bond donors (Lipinski definition) is 3. The molecule has 0 saturated heterocycles. The fourth-order valence-electron chi connectivity index (χ4n) is 1.69. The molecule has 0 aliphatic heterocycles. The third kappa shape index (κ3) is 4.89. The van der Waals surface area contributed by atoms with E-state index in [9.17, 15) is 4.79 Å². The van der Waals surface area contributed by atoms with E-state index in [1.54, 1.807) is 18.2 Å². The lowest BCUT2D eigenvalue weighted by Crippen LogP contribution is -2.39. The molecule has 0 amide bonds.